The van der Waals surface area contributed by atoms with E-state index in [2.05, 4.69) is 15.0 Å². The number of halogens is 1. The Kier molecular flexibility index (Phi) is 3.16. The summed E-state index contributed by atoms with van der Waals surface area (Å²) in [5.41, 5.74) is -0.762. The summed E-state index contributed by atoms with van der Waals surface area (Å²) >= 11 is 7.09. The molecule has 0 aliphatic heterocycles. The lowest BCUT2D eigenvalue weighted by Crippen LogP contribution is -2.24. The predicted octanol–water partition coefficient (Wildman–Crippen LogP) is 0.732. The summed E-state index contributed by atoms with van der Waals surface area (Å²) in [6.45, 7) is 0. The Balaban J connectivity index is 2.22. The molecule has 0 unspecified atom stereocenters. The maximum atomic E-state index is 11.2. The molecule has 0 spiro atoms. The zero-order chi connectivity index (χ0) is 11.5. The Morgan fingerprint density at radius 3 is 2.88 bits per heavy atom. The molecule has 2 heterocycles. The third-order valence-electron chi connectivity index (χ3n) is 1.78. The maximum Gasteiger partial charge on any atom is 0.326 e. The second-order valence-corrected chi connectivity index (χ2v) is 4.23. The SMILES string of the molecule is O=c1[nH]c(CSc2ncc[nH]2)c(Cl)c(=O)[nH]1. The number of nitrogens with one attached hydrogen (secondary N) is 3. The van der Waals surface area contributed by atoms with E-state index in [0.717, 1.165) is 0 Å². The normalized spacial score (nSPS) is 10.6. The molecule has 0 radical (unpaired) electrons. The van der Waals surface area contributed by atoms with Gasteiger partial charge >= 0.3 is 5.69 Å². The first-order chi connectivity index (χ1) is 7.66. The Bertz CT molecular complexity index is 589. The summed E-state index contributed by atoms with van der Waals surface area (Å²) < 4.78 is 0. The van der Waals surface area contributed by atoms with Crippen LogP contribution in [0.3, 0.4) is 0 Å². The number of thioether (sulfide) groups is 1. The molecular weight excluding hydrogens is 252 g/mol. The van der Waals surface area contributed by atoms with Gasteiger partial charge in [-0.15, -0.1) is 0 Å². The van der Waals surface area contributed by atoms with Crippen LogP contribution < -0.4 is 11.2 Å². The standard InChI is InChI=1S/C8H7ClN4O2S/c9-5-4(12-7(15)13-6(5)14)3-16-8-10-1-2-11-8/h1-2H,3H2,(H,10,11)(H2,12,13,14,15). The van der Waals surface area contributed by atoms with Crippen LogP contribution >= 0.6 is 23.4 Å². The van der Waals surface area contributed by atoms with Crippen LogP contribution in [0.1, 0.15) is 5.69 Å². The van der Waals surface area contributed by atoms with Gasteiger partial charge in [0.2, 0.25) is 0 Å². The van der Waals surface area contributed by atoms with Crippen molar-refractivity contribution in [1.29, 1.82) is 0 Å². The van der Waals surface area contributed by atoms with Gasteiger partial charge in [0.1, 0.15) is 5.02 Å². The third-order valence-corrected chi connectivity index (χ3v) is 3.11. The number of imidazole rings is 1. The van der Waals surface area contributed by atoms with Gasteiger partial charge in [-0.25, -0.2) is 9.78 Å². The van der Waals surface area contributed by atoms with Crippen LogP contribution in [-0.4, -0.2) is 19.9 Å². The van der Waals surface area contributed by atoms with E-state index in [1.807, 2.05) is 4.98 Å². The van der Waals surface area contributed by atoms with E-state index < -0.39 is 11.2 Å². The van der Waals surface area contributed by atoms with Crippen molar-refractivity contribution in [3.63, 3.8) is 0 Å². The van der Waals surface area contributed by atoms with Crippen molar-refractivity contribution in [3.05, 3.63) is 43.9 Å². The van der Waals surface area contributed by atoms with E-state index in [-0.39, 0.29) is 5.02 Å². The molecule has 84 valence electrons. The second-order valence-electron chi connectivity index (χ2n) is 2.88. The lowest BCUT2D eigenvalue weighted by Gasteiger charge is -2.00. The minimum Gasteiger partial charge on any atom is -0.340 e. The molecule has 0 aliphatic rings. The molecule has 8 heteroatoms. The minimum absolute atomic E-state index is 0.00124. The Morgan fingerprint density at radius 1 is 1.38 bits per heavy atom. The van der Waals surface area contributed by atoms with E-state index >= 15 is 0 Å². The van der Waals surface area contributed by atoms with Crippen LogP contribution in [0.15, 0.2) is 27.1 Å². The molecular formula is C8H7ClN4O2S. The van der Waals surface area contributed by atoms with Gasteiger partial charge in [-0.2, -0.15) is 0 Å². The number of hydrogen-bond donors (Lipinski definition) is 3. The van der Waals surface area contributed by atoms with E-state index in [0.29, 0.717) is 16.6 Å². The minimum atomic E-state index is -0.583. The molecule has 0 aromatic carbocycles. The van der Waals surface area contributed by atoms with Crippen molar-refractivity contribution in [2.75, 3.05) is 0 Å². The third kappa shape index (κ3) is 2.37. The molecule has 0 bridgehead atoms. The quantitative estimate of drug-likeness (QED) is 0.708. The topological polar surface area (TPSA) is 94.4 Å². The fourth-order valence-electron chi connectivity index (χ4n) is 1.09. The molecule has 16 heavy (non-hydrogen) atoms. The monoisotopic (exact) mass is 258 g/mol. The Morgan fingerprint density at radius 2 is 2.19 bits per heavy atom. The van der Waals surface area contributed by atoms with Gasteiger partial charge < -0.3 is 9.97 Å². The van der Waals surface area contributed by atoms with Gasteiger partial charge in [0.25, 0.3) is 5.56 Å². The molecule has 0 saturated heterocycles. The van der Waals surface area contributed by atoms with E-state index in [1.165, 1.54) is 11.8 Å². The fraction of sp³-hybridized carbons (Fsp3) is 0.125. The van der Waals surface area contributed by atoms with E-state index in [9.17, 15) is 9.59 Å². The van der Waals surface area contributed by atoms with Crippen LogP contribution in [0, 0.1) is 0 Å². The fourth-order valence-corrected chi connectivity index (χ4v) is 2.11. The van der Waals surface area contributed by atoms with Gasteiger partial charge in [0.05, 0.1) is 5.69 Å². The first-order valence-corrected chi connectivity index (χ1v) is 5.66. The highest BCUT2D eigenvalue weighted by Crippen LogP contribution is 2.19. The number of hydrogen-bond acceptors (Lipinski definition) is 4. The number of nitrogens with zero attached hydrogens (tertiary/aromatic N) is 1. The molecule has 2 aromatic heterocycles. The molecule has 3 N–H and O–H groups in total. The largest absolute Gasteiger partial charge is 0.340 e. The molecule has 6 nitrogen and oxygen atoms in total. The van der Waals surface area contributed by atoms with E-state index in [1.54, 1.807) is 12.4 Å². The van der Waals surface area contributed by atoms with Crippen LogP contribution in [-0.2, 0) is 5.75 Å². The Hall–Kier alpha value is -1.47. The van der Waals surface area contributed by atoms with Crippen molar-refractivity contribution in [2.45, 2.75) is 10.9 Å². The van der Waals surface area contributed by atoms with Gasteiger partial charge in [-0.3, -0.25) is 9.78 Å². The summed E-state index contributed by atoms with van der Waals surface area (Å²) in [5.74, 6) is 0.367. The zero-order valence-electron chi connectivity index (χ0n) is 7.91. The van der Waals surface area contributed by atoms with Crippen LogP contribution in [0.2, 0.25) is 5.02 Å². The summed E-state index contributed by atoms with van der Waals surface area (Å²) in [7, 11) is 0. The summed E-state index contributed by atoms with van der Waals surface area (Å²) in [5, 5.41) is 0.691. The van der Waals surface area contributed by atoms with Gasteiger partial charge in [0, 0.05) is 18.1 Å². The molecule has 2 aromatic rings. The number of aromatic amines is 3. The molecule has 0 amide bonds. The molecule has 2 rings (SSSR count). The maximum absolute atomic E-state index is 11.2. The van der Waals surface area contributed by atoms with Gasteiger partial charge in [-0.1, -0.05) is 23.4 Å². The number of H-pyrrole nitrogens is 3. The smallest absolute Gasteiger partial charge is 0.326 e. The van der Waals surface area contributed by atoms with Crippen LogP contribution in [0.5, 0.6) is 0 Å². The van der Waals surface area contributed by atoms with Crippen molar-refractivity contribution < 1.29 is 0 Å². The summed E-state index contributed by atoms with van der Waals surface area (Å²) in [6, 6.07) is 0. The summed E-state index contributed by atoms with van der Waals surface area (Å²) in [6.07, 6.45) is 3.30. The lowest BCUT2D eigenvalue weighted by atomic mass is 10.4. The van der Waals surface area contributed by atoms with Crippen LogP contribution in [0.4, 0.5) is 0 Å². The average molecular weight is 259 g/mol. The van der Waals surface area contributed by atoms with Gasteiger partial charge in [0.15, 0.2) is 5.16 Å². The van der Waals surface area contributed by atoms with Gasteiger partial charge in [-0.05, 0) is 0 Å². The number of rotatable bonds is 3. The molecule has 0 fully saturated rings. The first-order valence-electron chi connectivity index (χ1n) is 4.30. The highest BCUT2D eigenvalue weighted by atomic mass is 35.5. The average Bonchev–Trinajstić information content (AvgIpc) is 2.74. The van der Waals surface area contributed by atoms with Crippen molar-refractivity contribution in [1.82, 2.24) is 19.9 Å². The summed E-state index contributed by atoms with van der Waals surface area (Å²) in [4.78, 5) is 33.6. The highest BCUT2D eigenvalue weighted by molar-refractivity contribution is 7.98. The van der Waals surface area contributed by atoms with Crippen LogP contribution in [0.25, 0.3) is 0 Å². The molecule has 0 atom stereocenters. The Labute approximate surface area is 98.5 Å². The number of aromatic nitrogens is 4. The predicted molar refractivity (Wildman–Crippen MR) is 60.8 cm³/mol. The first kappa shape index (κ1) is 11.0. The van der Waals surface area contributed by atoms with E-state index in [4.69, 9.17) is 11.6 Å². The van der Waals surface area contributed by atoms with Crippen molar-refractivity contribution in [2.24, 2.45) is 0 Å². The molecule has 0 saturated carbocycles. The second kappa shape index (κ2) is 4.58. The highest BCUT2D eigenvalue weighted by Gasteiger charge is 2.07. The van der Waals surface area contributed by atoms with Crippen molar-refractivity contribution >= 4 is 23.4 Å². The lowest BCUT2D eigenvalue weighted by molar-refractivity contribution is 0.981. The van der Waals surface area contributed by atoms with Crippen molar-refractivity contribution in [3.8, 4) is 0 Å². The molecule has 0 aliphatic carbocycles. The zero-order valence-corrected chi connectivity index (χ0v) is 9.48.